The third-order valence-corrected chi connectivity index (χ3v) is 1.40. The molecular weight excluding hydrogens is 171 g/mol. The van der Waals surface area contributed by atoms with Gasteiger partial charge in [-0.25, -0.2) is 0 Å². The van der Waals surface area contributed by atoms with Crippen LogP contribution >= 0.6 is 23.2 Å². The Kier molecular flexibility index (Phi) is 4.12. The van der Waals surface area contributed by atoms with Crippen molar-refractivity contribution in [3.63, 3.8) is 0 Å². The summed E-state index contributed by atoms with van der Waals surface area (Å²) in [4.78, 5) is 0. The van der Waals surface area contributed by atoms with Crippen molar-refractivity contribution in [2.75, 3.05) is 5.88 Å². The van der Waals surface area contributed by atoms with Crippen molar-refractivity contribution in [1.82, 2.24) is 0 Å². The lowest BCUT2D eigenvalue weighted by atomic mass is 10.1. The molecule has 0 heterocycles. The first-order chi connectivity index (χ1) is 4.45. The molecule has 0 aromatic carbocycles. The molecule has 0 aliphatic rings. The second-order valence-electron chi connectivity index (χ2n) is 2.45. The summed E-state index contributed by atoms with van der Waals surface area (Å²) in [5.74, 6) is 5.45. The lowest BCUT2D eigenvalue weighted by Crippen LogP contribution is -2.15. The lowest BCUT2D eigenvalue weighted by molar-refractivity contribution is 0.143. The SMILES string of the molecule is CC(C)(O)C#CC(Cl)CCl. The van der Waals surface area contributed by atoms with Crippen molar-refractivity contribution in [2.45, 2.75) is 24.8 Å². The van der Waals surface area contributed by atoms with E-state index in [4.69, 9.17) is 28.3 Å². The van der Waals surface area contributed by atoms with Crippen molar-refractivity contribution in [3.8, 4) is 11.8 Å². The van der Waals surface area contributed by atoms with Gasteiger partial charge in [-0.15, -0.1) is 23.2 Å². The zero-order valence-corrected chi connectivity index (χ0v) is 7.50. The molecule has 0 amide bonds. The third kappa shape index (κ3) is 6.22. The highest BCUT2D eigenvalue weighted by atomic mass is 35.5. The van der Waals surface area contributed by atoms with E-state index < -0.39 is 5.60 Å². The largest absolute Gasteiger partial charge is 0.378 e. The maximum absolute atomic E-state index is 9.09. The predicted octanol–water partition coefficient (Wildman–Crippen LogP) is 1.61. The molecule has 0 bridgehead atoms. The van der Waals surface area contributed by atoms with Crippen LogP contribution in [0.3, 0.4) is 0 Å². The van der Waals surface area contributed by atoms with Crippen LogP contribution in [-0.4, -0.2) is 22.0 Å². The summed E-state index contributed by atoms with van der Waals surface area (Å²) in [5, 5.41) is 8.72. The Morgan fingerprint density at radius 1 is 1.60 bits per heavy atom. The van der Waals surface area contributed by atoms with Crippen LogP contribution in [0.5, 0.6) is 0 Å². The van der Waals surface area contributed by atoms with Crippen LogP contribution in [0.2, 0.25) is 0 Å². The highest BCUT2D eigenvalue weighted by molar-refractivity contribution is 6.29. The summed E-state index contributed by atoms with van der Waals surface area (Å²) in [5.41, 5.74) is -0.973. The van der Waals surface area contributed by atoms with E-state index in [0.29, 0.717) is 0 Å². The Morgan fingerprint density at radius 3 is 2.40 bits per heavy atom. The van der Waals surface area contributed by atoms with E-state index in [0.717, 1.165) is 0 Å². The molecule has 0 aromatic rings. The molecule has 0 saturated heterocycles. The molecule has 3 heteroatoms. The fraction of sp³-hybridized carbons (Fsp3) is 0.714. The number of rotatable bonds is 1. The number of alkyl halides is 2. The molecule has 0 aliphatic carbocycles. The molecule has 0 aromatic heterocycles. The number of halogens is 2. The van der Waals surface area contributed by atoms with Crippen molar-refractivity contribution in [2.24, 2.45) is 0 Å². The van der Waals surface area contributed by atoms with Gasteiger partial charge in [0.15, 0.2) is 0 Å². The van der Waals surface area contributed by atoms with Gasteiger partial charge in [-0.1, -0.05) is 11.8 Å². The minimum atomic E-state index is -0.973. The van der Waals surface area contributed by atoms with Crippen LogP contribution < -0.4 is 0 Å². The topological polar surface area (TPSA) is 20.2 Å². The molecule has 0 fully saturated rings. The summed E-state index contributed by atoms with van der Waals surface area (Å²) in [6.45, 7) is 3.19. The van der Waals surface area contributed by atoms with Gasteiger partial charge in [-0.05, 0) is 13.8 Å². The molecule has 0 spiro atoms. The van der Waals surface area contributed by atoms with Crippen molar-refractivity contribution >= 4 is 23.2 Å². The van der Waals surface area contributed by atoms with Crippen LogP contribution in [0.25, 0.3) is 0 Å². The molecule has 10 heavy (non-hydrogen) atoms. The Morgan fingerprint density at radius 2 is 2.10 bits per heavy atom. The highest BCUT2D eigenvalue weighted by Crippen LogP contribution is 2.00. The lowest BCUT2D eigenvalue weighted by Gasteiger charge is -2.06. The molecule has 58 valence electrons. The normalized spacial score (nSPS) is 13.7. The van der Waals surface area contributed by atoms with Crippen molar-refractivity contribution in [1.29, 1.82) is 0 Å². The first-order valence-corrected chi connectivity index (χ1v) is 3.88. The minimum absolute atomic E-state index is 0.282. The Bertz CT molecular complexity index is 149. The summed E-state index contributed by atoms with van der Waals surface area (Å²) >= 11 is 10.9. The van der Waals surface area contributed by atoms with Crippen LogP contribution in [0.4, 0.5) is 0 Å². The Labute approximate surface area is 71.3 Å². The fourth-order valence-corrected chi connectivity index (χ4v) is 0.425. The number of aliphatic hydroxyl groups is 1. The van der Waals surface area contributed by atoms with Gasteiger partial charge < -0.3 is 5.11 Å². The van der Waals surface area contributed by atoms with Gasteiger partial charge in [0.1, 0.15) is 11.0 Å². The minimum Gasteiger partial charge on any atom is -0.378 e. The average Bonchev–Trinajstić information content (AvgIpc) is 1.81. The van der Waals surface area contributed by atoms with Gasteiger partial charge >= 0.3 is 0 Å². The van der Waals surface area contributed by atoms with Gasteiger partial charge in [-0.2, -0.15) is 0 Å². The molecule has 0 radical (unpaired) electrons. The molecule has 0 saturated carbocycles. The number of hydrogen-bond donors (Lipinski definition) is 1. The summed E-state index contributed by atoms with van der Waals surface area (Å²) in [6.07, 6.45) is 0. The van der Waals surface area contributed by atoms with Crippen LogP contribution in [-0.2, 0) is 0 Å². The first kappa shape index (κ1) is 10.1. The van der Waals surface area contributed by atoms with Gasteiger partial charge in [0.25, 0.3) is 0 Å². The quantitative estimate of drug-likeness (QED) is 0.481. The van der Waals surface area contributed by atoms with E-state index in [-0.39, 0.29) is 11.3 Å². The second-order valence-corrected chi connectivity index (χ2v) is 3.29. The summed E-state index contributed by atoms with van der Waals surface area (Å²) in [7, 11) is 0. The molecule has 1 atom stereocenters. The molecule has 1 nitrogen and oxygen atoms in total. The van der Waals surface area contributed by atoms with Gasteiger partial charge in [0.2, 0.25) is 0 Å². The molecule has 0 rings (SSSR count). The van der Waals surface area contributed by atoms with Crippen molar-refractivity contribution in [3.05, 3.63) is 0 Å². The van der Waals surface area contributed by atoms with Gasteiger partial charge in [0, 0.05) is 5.88 Å². The van der Waals surface area contributed by atoms with E-state index in [1.54, 1.807) is 13.8 Å². The van der Waals surface area contributed by atoms with Gasteiger partial charge in [-0.3, -0.25) is 0 Å². The fourth-order valence-electron chi connectivity index (χ4n) is 0.293. The van der Waals surface area contributed by atoms with E-state index in [1.165, 1.54) is 0 Å². The zero-order valence-electron chi connectivity index (χ0n) is 5.99. The molecule has 1 unspecified atom stereocenters. The standard InChI is InChI=1S/C7H10Cl2O/c1-7(2,10)4-3-6(9)5-8/h6,10H,5H2,1-2H3. The van der Waals surface area contributed by atoms with E-state index in [1.807, 2.05) is 0 Å². The van der Waals surface area contributed by atoms with E-state index in [2.05, 4.69) is 11.8 Å². The molecule has 1 N–H and O–H groups in total. The molecule has 0 aliphatic heterocycles. The van der Waals surface area contributed by atoms with Crippen LogP contribution in [0.15, 0.2) is 0 Å². The van der Waals surface area contributed by atoms with Crippen molar-refractivity contribution < 1.29 is 5.11 Å². The third-order valence-electron chi connectivity index (χ3n) is 0.670. The van der Waals surface area contributed by atoms with E-state index in [9.17, 15) is 0 Å². The highest BCUT2D eigenvalue weighted by Gasteiger charge is 2.06. The zero-order chi connectivity index (χ0) is 8.20. The maximum atomic E-state index is 9.09. The first-order valence-electron chi connectivity index (χ1n) is 2.91. The Hall–Kier alpha value is 0.100. The number of hydrogen-bond acceptors (Lipinski definition) is 1. The van der Waals surface area contributed by atoms with Gasteiger partial charge in [0.05, 0.1) is 0 Å². The predicted molar refractivity (Wildman–Crippen MR) is 44.4 cm³/mol. The Balaban J connectivity index is 3.91. The molecular formula is C7H10Cl2O. The smallest absolute Gasteiger partial charge is 0.120 e. The van der Waals surface area contributed by atoms with E-state index >= 15 is 0 Å². The summed E-state index contributed by atoms with van der Waals surface area (Å²) in [6, 6.07) is 0. The maximum Gasteiger partial charge on any atom is 0.120 e. The monoisotopic (exact) mass is 180 g/mol. The van der Waals surface area contributed by atoms with Crippen LogP contribution in [0, 0.1) is 11.8 Å². The average molecular weight is 181 g/mol. The summed E-state index contributed by atoms with van der Waals surface area (Å²) < 4.78 is 0. The second kappa shape index (κ2) is 4.08. The van der Waals surface area contributed by atoms with Crippen LogP contribution in [0.1, 0.15) is 13.8 Å².